The molecule has 1 aliphatic carbocycles. The van der Waals surface area contributed by atoms with Gasteiger partial charge in [-0.3, -0.25) is 4.99 Å². The fraction of sp³-hybridized carbons (Fsp3) is 0.938. The highest BCUT2D eigenvalue weighted by Gasteiger charge is 2.22. The van der Waals surface area contributed by atoms with Crippen LogP contribution in [0.2, 0.25) is 0 Å². The van der Waals surface area contributed by atoms with Gasteiger partial charge in [-0.1, -0.05) is 6.42 Å². The molecule has 1 heterocycles. The first-order chi connectivity index (χ1) is 10.3. The first-order valence-electron chi connectivity index (χ1n) is 8.47. The second-order valence-corrected chi connectivity index (χ2v) is 8.50. The highest BCUT2D eigenvalue weighted by molar-refractivity contribution is 7.99. The van der Waals surface area contributed by atoms with Crippen molar-refractivity contribution in [3.05, 3.63) is 0 Å². The summed E-state index contributed by atoms with van der Waals surface area (Å²) in [7, 11) is 0. The Kier molecular flexibility index (Phi) is 8.15. The van der Waals surface area contributed by atoms with Gasteiger partial charge in [0.1, 0.15) is 0 Å². The average molecular weight is 330 g/mol. The maximum Gasteiger partial charge on any atom is 0.191 e. The Morgan fingerprint density at radius 3 is 2.76 bits per heavy atom. The van der Waals surface area contributed by atoms with Crippen LogP contribution in [0.25, 0.3) is 0 Å². The number of rotatable bonds is 5. The van der Waals surface area contributed by atoms with E-state index in [1.54, 1.807) is 0 Å². The third-order valence-corrected chi connectivity index (χ3v) is 6.64. The summed E-state index contributed by atoms with van der Waals surface area (Å²) in [5, 5.41) is 7.94. The highest BCUT2D eigenvalue weighted by Crippen LogP contribution is 2.27. The molecule has 0 aromatic heterocycles. The molecule has 0 aromatic rings. The van der Waals surface area contributed by atoms with Crippen molar-refractivity contribution < 1.29 is 0 Å². The molecule has 0 radical (unpaired) electrons. The Bertz CT molecular complexity index is 317. The molecule has 0 bridgehead atoms. The molecule has 5 heteroatoms. The van der Waals surface area contributed by atoms with E-state index in [1.807, 2.05) is 11.8 Å². The van der Waals surface area contributed by atoms with E-state index in [0.717, 1.165) is 30.2 Å². The average Bonchev–Trinajstić information content (AvgIpc) is 2.54. The zero-order chi connectivity index (χ0) is 14.9. The zero-order valence-electron chi connectivity index (χ0n) is 13.6. The van der Waals surface area contributed by atoms with E-state index in [4.69, 9.17) is 4.99 Å². The summed E-state index contributed by atoms with van der Waals surface area (Å²) >= 11 is 4.12. The van der Waals surface area contributed by atoms with Crippen LogP contribution in [-0.2, 0) is 0 Å². The van der Waals surface area contributed by atoms with Crippen LogP contribution in [0, 0.1) is 5.92 Å². The lowest BCUT2D eigenvalue weighted by Gasteiger charge is -2.30. The number of hydrogen-bond donors (Lipinski definition) is 2. The molecular weight excluding hydrogens is 298 g/mol. The Labute approximate surface area is 138 Å². The minimum atomic E-state index is 0.607. The quantitative estimate of drug-likeness (QED) is 0.599. The molecule has 2 aliphatic rings. The second-order valence-electron chi connectivity index (χ2n) is 6.14. The Morgan fingerprint density at radius 1 is 1.24 bits per heavy atom. The number of nitrogens with zero attached hydrogens (tertiary/aromatic N) is 1. The van der Waals surface area contributed by atoms with Crippen LogP contribution in [0.15, 0.2) is 4.99 Å². The van der Waals surface area contributed by atoms with Crippen LogP contribution in [0.3, 0.4) is 0 Å². The standard InChI is InChI=1S/C16H31N3S2/c1-3-17-16(18-12-13-7-9-21-10-8-13)19-14-5-4-6-15(11-14)20-2/h13-15H,3-12H2,1-2H3,(H2,17,18,19). The minimum Gasteiger partial charge on any atom is -0.357 e. The molecule has 1 saturated carbocycles. The Hall–Kier alpha value is -0.0300. The van der Waals surface area contributed by atoms with Crippen molar-refractivity contribution in [1.29, 1.82) is 0 Å². The fourth-order valence-corrected chi connectivity index (χ4v) is 5.18. The van der Waals surface area contributed by atoms with Crippen LogP contribution >= 0.6 is 23.5 Å². The van der Waals surface area contributed by atoms with Crippen LogP contribution in [-0.4, -0.2) is 48.1 Å². The summed E-state index contributed by atoms with van der Waals surface area (Å²) < 4.78 is 0. The Balaban J connectivity index is 1.82. The van der Waals surface area contributed by atoms with Crippen LogP contribution < -0.4 is 10.6 Å². The van der Waals surface area contributed by atoms with E-state index < -0.39 is 0 Å². The van der Waals surface area contributed by atoms with Gasteiger partial charge < -0.3 is 10.6 Å². The van der Waals surface area contributed by atoms with Crippen LogP contribution in [0.5, 0.6) is 0 Å². The van der Waals surface area contributed by atoms with E-state index in [2.05, 4.69) is 35.6 Å². The van der Waals surface area contributed by atoms with Gasteiger partial charge in [-0.05, 0) is 62.7 Å². The van der Waals surface area contributed by atoms with Crippen molar-refractivity contribution in [3.8, 4) is 0 Å². The second kappa shape index (κ2) is 9.88. The van der Waals surface area contributed by atoms with Crippen molar-refractivity contribution in [3.63, 3.8) is 0 Å². The molecule has 0 spiro atoms. The number of thioether (sulfide) groups is 2. The summed E-state index contributed by atoms with van der Waals surface area (Å²) in [6.45, 7) is 4.10. The normalized spacial score (nSPS) is 28.4. The minimum absolute atomic E-state index is 0.607. The first kappa shape index (κ1) is 17.3. The maximum absolute atomic E-state index is 4.86. The van der Waals surface area contributed by atoms with E-state index in [9.17, 15) is 0 Å². The largest absolute Gasteiger partial charge is 0.357 e. The van der Waals surface area contributed by atoms with Crippen molar-refractivity contribution in [1.82, 2.24) is 10.6 Å². The number of nitrogens with one attached hydrogen (secondary N) is 2. The first-order valence-corrected chi connectivity index (χ1v) is 10.9. The molecule has 2 rings (SSSR count). The number of guanidine groups is 1. The lowest BCUT2D eigenvalue weighted by molar-refractivity contribution is 0.418. The van der Waals surface area contributed by atoms with E-state index in [0.29, 0.717) is 6.04 Å². The topological polar surface area (TPSA) is 36.4 Å². The van der Waals surface area contributed by atoms with Gasteiger partial charge in [-0.2, -0.15) is 23.5 Å². The van der Waals surface area contributed by atoms with Crippen molar-refractivity contribution in [2.45, 2.75) is 56.7 Å². The van der Waals surface area contributed by atoms with E-state index in [-0.39, 0.29) is 0 Å². The van der Waals surface area contributed by atoms with E-state index in [1.165, 1.54) is 50.0 Å². The van der Waals surface area contributed by atoms with Crippen LogP contribution in [0.1, 0.15) is 45.4 Å². The van der Waals surface area contributed by atoms with Gasteiger partial charge in [0, 0.05) is 24.4 Å². The molecule has 1 saturated heterocycles. The zero-order valence-corrected chi connectivity index (χ0v) is 15.2. The molecule has 21 heavy (non-hydrogen) atoms. The molecule has 2 N–H and O–H groups in total. The predicted octanol–water partition coefficient (Wildman–Crippen LogP) is 3.36. The summed E-state index contributed by atoms with van der Waals surface area (Å²) in [6, 6.07) is 0.607. The van der Waals surface area contributed by atoms with Crippen molar-refractivity contribution >= 4 is 29.5 Å². The van der Waals surface area contributed by atoms with Crippen molar-refractivity contribution in [2.75, 3.05) is 30.9 Å². The Morgan fingerprint density at radius 2 is 2.05 bits per heavy atom. The molecular formula is C16H31N3S2. The molecule has 0 aromatic carbocycles. The maximum atomic E-state index is 4.86. The molecule has 2 unspecified atom stereocenters. The molecule has 2 atom stereocenters. The van der Waals surface area contributed by atoms with E-state index >= 15 is 0 Å². The third kappa shape index (κ3) is 6.31. The SMILES string of the molecule is CCNC(=NCC1CCSCC1)NC1CCCC(SC)C1. The van der Waals surface area contributed by atoms with Gasteiger partial charge in [-0.15, -0.1) is 0 Å². The molecule has 122 valence electrons. The predicted molar refractivity (Wildman–Crippen MR) is 98.7 cm³/mol. The highest BCUT2D eigenvalue weighted by atomic mass is 32.2. The van der Waals surface area contributed by atoms with Crippen LogP contribution in [0.4, 0.5) is 0 Å². The summed E-state index contributed by atoms with van der Waals surface area (Å²) in [5.74, 6) is 4.49. The fourth-order valence-electron chi connectivity index (χ4n) is 3.15. The van der Waals surface area contributed by atoms with Gasteiger partial charge in [-0.25, -0.2) is 0 Å². The lowest BCUT2D eigenvalue weighted by atomic mass is 9.95. The van der Waals surface area contributed by atoms with Gasteiger partial charge in [0.25, 0.3) is 0 Å². The number of aliphatic imine (C=N–C) groups is 1. The van der Waals surface area contributed by atoms with Gasteiger partial charge in [0.15, 0.2) is 5.96 Å². The van der Waals surface area contributed by atoms with Gasteiger partial charge in [0.05, 0.1) is 0 Å². The molecule has 2 fully saturated rings. The smallest absolute Gasteiger partial charge is 0.191 e. The monoisotopic (exact) mass is 329 g/mol. The number of hydrogen-bond acceptors (Lipinski definition) is 3. The molecule has 3 nitrogen and oxygen atoms in total. The van der Waals surface area contributed by atoms with Gasteiger partial charge in [0.2, 0.25) is 0 Å². The third-order valence-electron chi connectivity index (χ3n) is 4.49. The molecule has 0 amide bonds. The molecule has 1 aliphatic heterocycles. The van der Waals surface area contributed by atoms with Crippen molar-refractivity contribution in [2.24, 2.45) is 10.9 Å². The summed E-state index contributed by atoms with van der Waals surface area (Å²) in [6.07, 6.45) is 10.2. The van der Waals surface area contributed by atoms with Gasteiger partial charge >= 0.3 is 0 Å². The lowest BCUT2D eigenvalue weighted by Crippen LogP contribution is -2.46. The summed E-state index contributed by atoms with van der Waals surface area (Å²) in [5.41, 5.74) is 0. The summed E-state index contributed by atoms with van der Waals surface area (Å²) in [4.78, 5) is 4.86.